The largest absolute Gasteiger partial charge is 0.355 e. The van der Waals surface area contributed by atoms with Crippen LogP contribution in [0.15, 0.2) is 54.9 Å². The highest BCUT2D eigenvalue weighted by molar-refractivity contribution is 5.84. The molecule has 0 radical (unpaired) electrons. The maximum Gasteiger partial charge on any atom is 0.0458 e. The number of para-hydroxylation sites is 1. The van der Waals surface area contributed by atoms with Gasteiger partial charge in [-0.25, -0.2) is 0 Å². The number of hydrogen-bond acceptors (Lipinski definition) is 1. The average molecular weight is 220 g/mol. The van der Waals surface area contributed by atoms with Gasteiger partial charge < -0.3 is 4.98 Å². The Morgan fingerprint density at radius 3 is 2.76 bits per heavy atom. The molecule has 0 atom stereocenters. The second-order valence-corrected chi connectivity index (χ2v) is 3.93. The molecule has 0 unspecified atom stereocenters. The SMILES string of the molecule is C(=Cc1cc2ccccc2[nH]1)c1cccnc1. The predicted molar refractivity (Wildman–Crippen MR) is 71.5 cm³/mol. The third-order valence-corrected chi connectivity index (χ3v) is 2.69. The average Bonchev–Trinajstić information content (AvgIpc) is 2.80. The predicted octanol–water partition coefficient (Wildman–Crippen LogP) is 3.73. The molecular weight excluding hydrogens is 208 g/mol. The second-order valence-electron chi connectivity index (χ2n) is 3.93. The molecule has 0 fully saturated rings. The Kier molecular flexibility index (Phi) is 2.47. The second kappa shape index (κ2) is 4.26. The summed E-state index contributed by atoms with van der Waals surface area (Å²) in [6.45, 7) is 0. The normalized spacial score (nSPS) is 11.3. The van der Waals surface area contributed by atoms with E-state index in [0.717, 1.165) is 11.3 Å². The minimum Gasteiger partial charge on any atom is -0.355 e. The zero-order valence-electron chi connectivity index (χ0n) is 9.30. The maximum absolute atomic E-state index is 4.08. The molecule has 0 bridgehead atoms. The molecule has 82 valence electrons. The van der Waals surface area contributed by atoms with E-state index < -0.39 is 0 Å². The fraction of sp³-hybridized carbons (Fsp3) is 0. The molecule has 2 nitrogen and oxygen atoms in total. The van der Waals surface area contributed by atoms with Gasteiger partial charge in [0.25, 0.3) is 0 Å². The van der Waals surface area contributed by atoms with E-state index in [4.69, 9.17) is 0 Å². The lowest BCUT2D eigenvalue weighted by Crippen LogP contribution is -1.74. The molecule has 0 aliphatic carbocycles. The van der Waals surface area contributed by atoms with Crippen LogP contribution in [0.4, 0.5) is 0 Å². The number of rotatable bonds is 2. The van der Waals surface area contributed by atoms with Gasteiger partial charge in [0.15, 0.2) is 0 Å². The Balaban J connectivity index is 1.92. The van der Waals surface area contributed by atoms with Gasteiger partial charge in [-0.05, 0) is 35.2 Å². The molecule has 3 rings (SSSR count). The lowest BCUT2D eigenvalue weighted by atomic mass is 10.2. The standard InChI is InChI=1S/C15H12N2/c1-2-6-15-13(5-1)10-14(17-15)8-7-12-4-3-9-16-11-12/h1-11,17H. The highest BCUT2D eigenvalue weighted by Crippen LogP contribution is 2.16. The van der Waals surface area contributed by atoms with E-state index in [1.807, 2.05) is 30.5 Å². The minimum atomic E-state index is 1.10. The summed E-state index contributed by atoms with van der Waals surface area (Å²) in [5.41, 5.74) is 3.37. The van der Waals surface area contributed by atoms with E-state index in [9.17, 15) is 0 Å². The van der Waals surface area contributed by atoms with Gasteiger partial charge >= 0.3 is 0 Å². The van der Waals surface area contributed by atoms with Crippen molar-refractivity contribution in [2.75, 3.05) is 0 Å². The number of aromatic nitrogens is 2. The van der Waals surface area contributed by atoms with Gasteiger partial charge in [0.05, 0.1) is 0 Å². The molecule has 1 N–H and O–H groups in total. The minimum absolute atomic E-state index is 1.10. The summed E-state index contributed by atoms with van der Waals surface area (Å²) in [5.74, 6) is 0. The van der Waals surface area contributed by atoms with Crippen molar-refractivity contribution in [3.8, 4) is 0 Å². The van der Waals surface area contributed by atoms with Crippen LogP contribution in [0.25, 0.3) is 23.1 Å². The van der Waals surface area contributed by atoms with Crippen molar-refractivity contribution in [1.29, 1.82) is 0 Å². The highest BCUT2D eigenvalue weighted by Gasteiger charge is 1.95. The Hall–Kier alpha value is -2.35. The molecule has 2 heterocycles. The van der Waals surface area contributed by atoms with E-state index >= 15 is 0 Å². The molecule has 0 aliphatic rings. The topological polar surface area (TPSA) is 28.7 Å². The van der Waals surface area contributed by atoms with Crippen LogP contribution in [-0.2, 0) is 0 Å². The van der Waals surface area contributed by atoms with Gasteiger partial charge in [-0.15, -0.1) is 0 Å². The summed E-state index contributed by atoms with van der Waals surface area (Å²) in [4.78, 5) is 7.44. The van der Waals surface area contributed by atoms with Crippen molar-refractivity contribution in [3.63, 3.8) is 0 Å². The smallest absolute Gasteiger partial charge is 0.0458 e. The lowest BCUT2D eigenvalue weighted by Gasteiger charge is -1.89. The summed E-state index contributed by atoms with van der Waals surface area (Å²) in [6.07, 6.45) is 7.74. The van der Waals surface area contributed by atoms with E-state index in [1.54, 1.807) is 6.20 Å². The van der Waals surface area contributed by atoms with E-state index in [0.29, 0.717) is 0 Å². The number of aromatic amines is 1. The Morgan fingerprint density at radius 1 is 1.00 bits per heavy atom. The Morgan fingerprint density at radius 2 is 1.94 bits per heavy atom. The number of hydrogen-bond donors (Lipinski definition) is 1. The Bertz CT molecular complexity index is 618. The van der Waals surface area contributed by atoms with Gasteiger partial charge in [-0.3, -0.25) is 4.98 Å². The highest BCUT2D eigenvalue weighted by atomic mass is 14.7. The summed E-state index contributed by atoms with van der Waals surface area (Å²) < 4.78 is 0. The molecule has 17 heavy (non-hydrogen) atoms. The fourth-order valence-corrected chi connectivity index (χ4v) is 1.85. The van der Waals surface area contributed by atoms with E-state index in [-0.39, 0.29) is 0 Å². The number of fused-ring (bicyclic) bond motifs is 1. The van der Waals surface area contributed by atoms with Crippen LogP contribution >= 0.6 is 0 Å². The van der Waals surface area contributed by atoms with Crippen LogP contribution in [0, 0.1) is 0 Å². The molecule has 0 amide bonds. The van der Waals surface area contributed by atoms with Crippen LogP contribution < -0.4 is 0 Å². The van der Waals surface area contributed by atoms with Gasteiger partial charge in [-0.2, -0.15) is 0 Å². The van der Waals surface area contributed by atoms with Gasteiger partial charge in [-0.1, -0.05) is 30.3 Å². The van der Waals surface area contributed by atoms with Crippen molar-refractivity contribution in [1.82, 2.24) is 9.97 Å². The Labute approximate surface area is 99.6 Å². The number of nitrogens with zero attached hydrogens (tertiary/aromatic N) is 1. The summed E-state index contributed by atoms with van der Waals surface area (Å²) >= 11 is 0. The van der Waals surface area contributed by atoms with Crippen molar-refractivity contribution < 1.29 is 0 Å². The van der Waals surface area contributed by atoms with Crippen LogP contribution in [0.2, 0.25) is 0 Å². The van der Waals surface area contributed by atoms with E-state index in [2.05, 4.69) is 40.3 Å². The van der Waals surface area contributed by atoms with Gasteiger partial charge in [0.2, 0.25) is 0 Å². The first kappa shape index (κ1) is 9.85. The summed E-state index contributed by atoms with van der Waals surface area (Å²) in [6, 6.07) is 14.4. The molecule has 2 heteroatoms. The zero-order chi connectivity index (χ0) is 11.5. The summed E-state index contributed by atoms with van der Waals surface area (Å²) in [7, 11) is 0. The van der Waals surface area contributed by atoms with E-state index in [1.165, 1.54) is 10.9 Å². The molecule has 0 saturated heterocycles. The monoisotopic (exact) mass is 220 g/mol. The van der Waals surface area contributed by atoms with Gasteiger partial charge in [0, 0.05) is 23.6 Å². The quantitative estimate of drug-likeness (QED) is 0.700. The van der Waals surface area contributed by atoms with Crippen LogP contribution in [0.1, 0.15) is 11.3 Å². The summed E-state index contributed by atoms with van der Waals surface area (Å²) in [5, 5.41) is 1.23. The third kappa shape index (κ3) is 2.11. The first-order valence-corrected chi connectivity index (χ1v) is 5.58. The van der Waals surface area contributed by atoms with Gasteiger partial charge in [0.1, 0.15) is 0 Å². The third-order valence-electron chi connectivity index (χ3n) is 2.69. The lowest BCUT2D eigenvalue weighted by molar-refractivity contribution is 1.32. The van der Waals surface area contributed by atoms with Crippen molar-refractivity contribution >= 4 is 23.1 Å². The molecule has 3 aromatic rings. The maximum atomic E-state index is 4.08. The molecule has 0 saturated carbocycles. The number of benzene rings is 1. The molecule has 1 aromatic carbocycles. The first-order valence-electron chi connectivity index (χ1n) is 5.58. The molecule has 0 aliphatic heterocycles. The zero-order valence-corrected chi connectivity index (χ0v) is 9.30. The molecule has 2 aromatic heterocycles. The number of pyridine rings is 1. The number of H-pyrrole nitrogens is 1. The van der Waals surface area contributed by atoms with Crippen LogP contribution in [0.5, 0.6) is 0 Å². The molecule has 0 spiro atoms. The van der Waals surface area contributed by atoms with Crippen LogP contribution in [0.3, 0.4) is 0 Å². The van der Waals surface area contributed by atoms with Crippen molar-refractivity contribution in [3.05, 3.63) is 66.1 Å². The first-order chi connectivity index (χ1) is 8.42. The van der Waals surface area contributed by atoms with Crippen molar-refractivity contribution in [2.45, 2.75) is 0 Å². The molecular formula is C15H12N2. The number of nitrogens with one attached hydrogen (secondary N) is 1. The fourth-order valence-electron chi connectivity index (χ4n) is 1.85. The van der Waals surface area contributed by atoms with Crippen molar-refractivity contribution in [2.24, 2.45) is 0 Å². The van der Waals surface area contributed by atoms with Crippen LogP contribution in [-0.4, -0.2) is 9.97 Å².